The zero-order chi connectivity index (χ0) is 13.6. The molecule has 0 aliphatic carbocycles. The van der Waals surface area contributed by atoms with E-state index in [1.165, 1.54) is 28.1 Å². The lowest BCUT2D eigenvalue weighted by atomic mass is 10.6. The molecule has 0 atom stereocenters. The lowest BCUT2D eigenvalue weighted by Crippen LogP contribution is -2.14. The molecule has 0 heterocycles. The van der Waals surface area contributed by atoms with Gasteiger partial charge in [-0.3, -0.25) is 4.79 Å². The number of nitrogens with two attached hydrogens (primary N) is 1. The van der Waals surface area contributed by atoms with Gasteiger partial charge in [0.05, 0.1) is 20.8 Å². The summed E-state index contributed by atoms with van der Waals surface area (Å²) in [6, 6.07) is 0. The summed E-state index contributed by atoms with van der Waals surface area (Å²) >= 11 is 0. The number of carbonyl (C=O) groups excluding carboxylic acids is 3. The molecule has 0 aliphatic heterocycles. The highest BCUT2D eigenvalue weighted by Crippen LogP contribution is 1.67. The van der Waals surface area contributed by atoms with E-state index in [1.54, 1.807) is 0 Å². The van der Waals surface area contributed by atoms with Crippen LogP contribution in [0.4, 0.5) is 0 Å². The molecule has 6 heteroatoms. The van der Waals surface area contributed by atoms with Crippen molar-refractivity contribution in [1.29, 1.82) is 0 Å². The molecule has 0 saturated carbocycles. The Kier molecular flexibility index (Phi) is 19.5. The van der Waals surface area contributed by atoms with Gasteiger partial charge in [0.25, 0.3) is 0 Å². The Morgan fingerprint density at radius 2 is 1.56 bits per heavy atom. The summed E-state index contributed by atoms with van der Waals surface area (Å²) in [6.07, 6.45) is 1.11. The van der Waals surface area contributed by atoms with Crippen LogP contribution in [-0.4, -0.2) is 38.5 Å². The number of carbonyl (C=O) groups is 3. The first-order valence-electron chi connectivity index (χ1n) is 4.30. The van der Waals surface area contributed by atoms with Crippen LogP contribution in [0.1, 0.15) is 13.8 Å². The van der Waals surface area contributed by atoms with Gasteiger partial charge in [-0.15, -0.1) is 0 Å². The molecule has 0 aromatic carbocycles. The summed E-state index contributed by atoms with van der Waals surface area (Å²) in [5.41, 5.74) is 4.81. The van der Waals surface area contributed by atoms with Gasteiger partial charge in [-0.2, -0.15) is 0 Å². The van der Waals surface area contributed by atoms with E-state index in [9.17, 15) is 14.4 Å². The maximum Gasteiger partial charge on any atom is 0.329 e. The minimum absolute atomic E-state index is 0.0312. The van der Waals surface area contributed by atoms with Crippen molar-refractivity contribution in [1.82, 2.24) is 0 Å². The number of methoxy groups -OCH3 is 2. The average molecular weight is 233 g/mol. The Morgan fingerprint density at radius 1 is 1.19 bits per heavy atom. The first kappa shape index (κ1) is 19.8. The number of Topliss-reactive ketones (excluding diaryl/α,β-unsaturated/α-hetero) is 1. The summed E-state index contributed by atoms with van der Waals surface area (Å²) in [5, 5.41) is 0. The highest BCUT2D eigenvalue weighted by Gasteiger charge is 1.87. The SMILES string of the molecule is C=CC(=O)OC.CC(C)=O.COC(=O)CN. The Balaban J connectivity index is -0.000000162. The Morgan fingerprint density at radius 3 is 1.56 bits per heavy atom. The molecule has 2 N–H and O–H groups in total. The van der Waals surface area contributed by atoms with Crippen molar-refractivity contribution in [3.8, 4) is 0 Å². The number of hydrogen-bond acceptors (Lipinski definition) is 6. The van der Waals surface area contributed by atoms with Gasteiger partial charge in [0, 0.05) is 6.08 Å². The zero-order valence-electron chi connectivity index (χ0n) is 10.1. The molecule has 6 nitrogen and oxygen atoms in total. The van der Waals surface area contributed by atoms with E-state index < -0.39 is 5.97 Å². The summed E-state index contributed by atoms with van der Waals surface area (Å²) < 4.78 is 8.28. The molecule has 0 aliphatic rings. The van der Waals surface area contributed by atoms with Gasteiger partial charge in [0.1, 0.15) is 5.78 Å². The van der Waals surface area contributed by atoms with Crippen molar-refractivity contribution in [2.45, 2.75) is 13.8 Å². The highest BCUT2D eigenvalue weighted by atomic mass is 16.5. The zero-order valence-corrected chi connectivity index (χ0v) is 10.1. The van der Waals surface area contributed by atoms with Gasteiger partial charge in [-0.05, 0) is 13.8 Å². The molecule has 0 rings (SSSR count). The van der Waals surface area contributed by atoms with Crippen LogP contribution < -0.4 is 5.73 Å². The van der Waals surface area contributed by atoms with Gasteiger partial charge in [0.2, 0.25) is 0 Å². The lowest BCUT2D eigenvalue weighted by Gasteiger charge is -1.87. The summed E-state index contributed by atoms with van der Waals surface area (Å²) in [6.45, 7) is 6.18. The van der Waals surface area contributed by atoms with Crippen molar-refractivity contribution in [3.05, 3.63) is 12.7 Å². The highest BCUT2D eigenvalue weighted by molar-refractivity contribution is 5.80. The van der Waals surface area contributed by atoms with Crippen LogP contribution >= 0.6 is 0 Å². The van der Waals surface area contributed by atoms with Crippen molar-refractivity contribution in [2.75, 3.05) is 20.8 Å². The van der Waals surface area contributed by atoms with E-state index >= 15 is 0 Å². The lowest BCUT2D eigenvalue weighted by molar-refractivity contribution is -0.139. The second kappa shape index (κ2) is 15.8. The number of ketones is 1. The van der Waals surface area contributed by atoms with Gasteiger partial charge in [0.15, 0.2) is 0 Å². The number of esters is 2. The number of ether oxygens (including phenoxy) is 2. The molecular formula is C10H19NO5. The molecule has 0 unspecified atom stereocenters. The second-order valence-electron chi connectivity index (χ2n) is 2.42. The average Bonchev–Trinajstić information content (AvgIpc) is 2.26. The fraction of sp³-hybridized carbons (Fsp3) is 0.500. The van der Waals surface area contributed by atoms with Gasteiger partial charge < -0.3 is 20.0 Å². The molecule has 0 aromatic rings. The van der Waals surface area contributed by atoms with E-state index in [0.717, 1.165) is 6.08 Å². The van der Waals surface area contributed by atoms with E-state index in [-0.39, 0.29) is 18.3 Å². The van der Waals surface area contributed by atoms with Crippen molar-refractivity contribution in [2.24, 2.45) is 5.73 Å². The molecule has 16 heavy (non-hydrogen) atoms. The van der Waals surface area contributed by atoms with Crippen LogP contribution in [0.5, 0.6) is 0 Å². The fourth-order valence-electron chi connectivity index (χ4n) is 0.167. The van der Waals surface area contributed by atoms with Crippen molar-refractivity contribution in [3.63, 3.8) is 0 Å². The van der Waals surface area contributed by atoms with E-state index in [2.05, 4.69) is 16.1 Å². The van der Waals surface area contributed by atoms with Crippen LogP contribution in [0, 0.1) is 0 Å². The number of hydrogen-bond donors (Lipinski definition) is 1. The third-order valence-corrected chi connectivity index (χ3v) is 0.762. The maximum absolute atomic E-state index is 9.84. The van der Waals surface area contributed by atoms with Crippen LogP contribution in [0.2, 0.25) is 0 Å². The first-order valence-corrected chi connectivity index (χ1v) is 4.30. The third-order valence-electron chi connectivity index (χ3n) is 0.762. The van der Waals surface area contributed by atoms with Crippen molar-refractivity contribution >= 4 is 17.7 Å². The minimum atomic E-state index is -0.394. The maximum atomic E-state index is 9.84. The first-order chi connectivity index (χ1) is 7.35. The predicted octanol–water partition coefficient (Wildman–Crippen LogP) is 0.0588. The molecule has 0 saturated heterocycles. The van der Waals surface area contributed by atoms with Crippen LogP contribution in [0.3, 0.4) is 0 Å². The molecule has 0 fully saturated rings. The molecule has 0 spiro atoms. The second-order valence-corrected chi connectivity index (χ2v) is 2.42. The Hall–Kier alpha value is -1.69. The van der Waals surface area contributed by atoms with Crippen molar-refractivity contribution < 1.29 is 23.9 Å². The Bertz CT molecular complexity index is 215. The monoisotopic (exact) mass is 233 g/mol. The van der Waals surface area contributed by atoms with E-state index in [1.807, 2.05) is 0 Å². The normalized spacial score (nSPS) is 7.06. The summed E-state index contributed by atoms with van der Waals surface area (Å²) in [7, 11) is 2.61. The fourth-order valence-corrected chi connectivity index (χ4v) is 0.167. The number of rotatable bonds is 2. The van der Waals surface area contributed by atoms with E-state index in [0.29, 0.717) is 0 Å². The summed E-state index contributed by atoms with van der Waals surface area (Å²) in [5.74, 6) is -0.606. The smallest absolute Gasteiger partial charge is 0.329 e. The summed E-state index contributed by atoms with van der Waals surface area (Å²) in [4.78, 5) is 29.1. The third kappa shape index (κ3) is 39.5. The molecular weight excluding hydrogens is 214 g/mol. The van der Waals surface area contributed by atoms with Crippen LogP contribution in [0.25, 0.3) is 0 Å². The largest absolute Gasteiger partial charge is 0.468 e. The predicted molar refractivity (Wildman–Crippen MR) is 59.6 cm³/mol. The molecule has 0 radical (unpaired) electrons. The molecule has 0 aromatic heterocycles. The van der Waals surface area contributed by atoms with E-state index in [4.69, 9.17) is 5.73 Å². The Labute approximate surface area is 95.4 Å². The minimum Gasteiger partial charge on any atom is -0.468 e. The van der Waals surface area contributed by atoms with Gasteiger partial charge in [-0.25, -0.2) is 4.79 Å². The molecule has 94 valence electrons. The van der Waals surface area contributed by atoms with Crippen LogP contribution in [-0.2, 0) is 23.9 Å². The van der Waals surface area contributed by atoms with Gasteiger partial charge >= 0.3 is 11.9 Å². The quantitative estimate of drug-likeness (QED) is 0.535. The molecule has 0 bridgehead atoms. The van der Waals surface area contributed by atoms with Crippen LogP contribution in [0.15, 0.2) is 12.7 Å². The molecule has 0 amide bonds. The standard InChI is InChI=1S/C4H6O2.C3H7NO2.C3H6O/c1-3-4(5)6-2;1-6-3(5)2-4;1-3(2)4/h3H,1H2,2H3;2,4H2,1H3;1-2H3. The topological polar surface area (TPSA) is 95.7 Å². The van der Waals surface area contributed by atoms with Gasteiger partial charge in [-0.1, -0.05) is 6.58 Å².